The van der Waals surface area contributed by atoms with E-state index in [2.05, 4.69) is 27.1 Å². The number of carbonyl (C=O) groups is 1. The molecule has 2 aliphatic heterocycles. The molecule has 0 N–H and O–H groups in total. The summed E-state index contributed by atoms with van der Waals surface area (Å²) in [6.45, 7) is 2.87. The second kappa shape index (κ2) is 7.36. The van der Waals surface area contributed by atoms with Crippen molar-refractivity contribution >= 4 is 5.91 Å². The van der Waals surface area contributed by atoms with E-state index >= 15 is 0 Å². The maximum absolute atomic E-state index is 12.6. The molecule has 0 radical (unpaired) electrons. The lowest BCUT2D eigenvalue weighted by Crippen LogP contribution is -2.44. The van der Waals surface area contributed by atoms with Crippen LogP contribution >= 0.6 is 0 Å². The average molecular weight is 371 g/mol. The number of carbonyl (C=O) groups excluding carboxylic acids is 1. The molecule has 4 rings (SSSR count). The number of rotatable bonds is 4. The first-order valence-corrected chi connectivity index (χ1v) is 9.31. The Kier molecular flexibility index (Phi) is 4.92. The maximum atomic E-state index is 12.6. The van der Waals surface area contributed by atoms with Crippen molar-refractivity contribution in [1.82, 2.24) is 24.9 Å². The summed E-state index contributed by atoms with van der Waals surface area (Å²) in [5.41, 5.74) is 0.861. The highest BCUT2D eigenvalue weighted by atomic mass is 16.5. The minimum absolute atomic E-state index is 0.0724. The summed E-state index contributed by atoms with van der Waals surface area (Å²) in [5.74, 6) is 1.32. The molecule has 144 valence electrons. The quantitative estimate of drug-likeness (QED) is 0.811. The van der Waals surface area contributed by atoms with Gasteiger partial charge in [-0.3, -0.25) is 14.7 Å². The molecule has 2 aromatic heterocycles. The lowest BCUT2D eigenvalue weighted by Gasteiger charge is -2.39. The summed E-state index contributed by atoms with van der Waals surface area (Å²) >= 11 is 0. The lowest BCUT2D eigenvalue weighted by molar-refractivity contribution is 0.0593. The molecule has 0 aromatic carbocycles. The topological polar surface area (TPSA) is 84.6 Å². The third-order valence-electron chi connectivity index (χ3n) is 5.81. The Morgan fingerprint density at radius 1 is 1.41 bits per heavy atom. The van der Waals surface area contributed by atoms with Gasteiger partial charge in [-0.15, -0.1) is 0 Å². The fourth-order valence-corrected chi connectivity index (χ4v) is 4.36. The van der Waals surface area contributed by atoms with E-state index in [-0.39, 0.29) is 17.4 Å². The Labute approximate surface area is 158 Å². The molecule has 27 heavy (non-hydrogen) atoms. The fourth-order valence-electron chi connectivity index (χ4n) is 4.36. The molecule has 0 bridgehead atoms. The van der Waals surface area contributed by atoms with Gasteiger partial charge in [0.25, 0.3) is 11.8 Å². The van der Waals surface area contributed by atoms with Crippen LogP contribution in [0.15, 0.2) is 29.0 Å². The molecule has 1 atom stereocenters. The van der Waals surface area contributed by atoms with E-state index in [1.54, 1.807) is 25.6 Å². The van der Waals surface area contributed by atoms with Gasteiger partial charge >= 0.3 is 0 Å². The number of ether oxygens (including phenoxy) is 1. The minimum atomic E-state index is 0.0724. The Bertz CT molecular complexity index is 786. The molecule has 2 fully saturated rings. The van der Waals surface area contributed by atoms with Crippen LogP contribution in [0.5, 0.6) is 0 Å². The molecule has 2 aromatic rings. The molecule has 8 nitrogen and oxygen atoms in total. The molecular formula is C19H25N5O3. The first kappa shape index (κ1) is 18.1. The third-order valence-corrected chi connectivity index (χ3v) is 5.81. The zero-order valence-electron chi connectivity index (χ0n) is 15.8. The van der Waals surface area contributed by atoms with Crippen molar-refractivity contribution in [3.05, 3.63) is 41.8 Å². The number of amides is 1. The van der Waals surface area contributed by atoms with E-state index < -0.39 is 0 Å². The van der Waals surface area contributed by atoms with Gasteiger partial charge in [-0.25, -0.2) is 0 Å². The molecule has 2 saturated heterocycles. The van der Waals surface area contributed by atoms with E-state index in [1.807, 2.05) is 11.0 Å². The number of hydrogen-bond acceptors (Lipinski definition) is 7. The first-order chi connectivity index (χ1) is 13.1. The molecule has 1 amide bonds. The SMILES string of the molecule is COCc1nc(C2CC3(CCN(C(=O)c4cccnc4)CC3)CN2C)no1. The predicted octanol–water partition coefficient (Wildman–Crippen LogP) is 1.91. The normalized spacial score (nSPS) is 22.4. The van der Waals surface area contributed by atoms with E-state index in [4.69, 9.17) is 9.26 Å². The van der Waals surface area contributed by atoms with Gasteiger partial charge in [-0.05, 0) is 43.9 Å². The predicted molar refractivity (Wildman–Crippen MR) is 96.8 cm³/mol. The molecule has 1 unspecified atom stereocenters. The summed E-state index contributed by atoms with van der Waals surface area (Å²) in [4.78, 5) is 25.4. The molecule has 0 saturated carbocycles. The number of pyridine rings is 1. The Hall–Kier alpha value is -2.32. The minimum Gasteiger partial charge on any atom is -0.375 e. The van der Waals surface area contributed by atoms with Crippen molar-refractivity contribution in [3.8, 4) is 0 Å². The number of hydrogen-bond donors (Lipinski definition) is 0. The van der Waals surface area contributed by atoms with Gasteiger partial charge in [0.15, 0.2) is 5.82 Å². The van der Waals surface area contributed by atoms with Crippen LogP contribution in [0, 0.1) is 5.41 Å². The van der Waals surface area contributed by atoms with Crippen LogP contribution in [0.4, 0.5) is 0 Å². The van der Waals surface area contributed by atoms with Gasteiger partial charge < -0.3 is 14.2 Å². The van der Waals surface area contributed by atoms with Crippen LogP contribution in [-0.4, -0.2) is 64.6 Å². The van der Waals surface area contributed by atoms with E-state index in [0.29, 0.717) is 18.1 Å². The molecule has 4 heterocycles. The Morgan fingerprint density at radius 3 is 2.93 bits per heavy atom. The summed E-state index contributed by atoms with van der Waals surface area (Å²) < 4.78 is 10.3. The Balaban J connectivity index is 1.40. The van der Waals surface area contributed by atoms with Gasteiger partial charge in [-0.1, -0.05) is 5.16 Å². The van der Waals surface area contributed by atoms with E-state index in [9.17, 15) is 4.79 Å². The van der Waals surface area contributed by atoms with Crippen molar-refractivity contribution in [2.24, 2.45) is 5.41 Å². The largest absolute Gasteiger partial charge is 0.375 e. The van der Waals surface area contributed by atoms with Gasteiger partial charge in [-0.2, -0.15) is 4.98 Å². The van der Waals surface area contributed by atoms with Crippen LogP contribution in [0.25, 0.3) is 0 Å². The van der Waals surface area contributed by atoms with Crippen molar-refractivity contribution in [2.75, 3.05) is 33.8 Å². The number of likely N-dealkylation sites (tertiary alicyclic amines) is 2. The Morgan fingerprint density at radius 2 is 2.22 bits per heavy atom. The monoisotopic (exact) mass is 371 g/mol. The van der Waals surface area contributed by atoms with Gasteiger partial charge in [0.2, 0.25) is 0 Å². The van der Waals surface area contributed by atoms with Crippen molar-refractivity contribution in [1.29, 1.82) is 0 Å². The summed E-state index contributed by atoms with van der Waals surface area (Å²) in [6, 6.07) is 3.78. The van der Waals surface area contributed by atoms with Crippen molar-refractivity contribution < 1.29 is 14.1 Å². The van der Waals surface area contributed by atoms with Gasteiger partial charge in [0.1, 0.15) is 6.61 Å². The average Bonchev–Trinajstić information content (AvgIpc) is 3.27. The standard InChI is InChI=1S/C19H25N5O3/c1-23-13-19(10-15(23)17-21-16(12-26-2)27-22-17)5-8-24(9-6-19)18(25)14-4-3-7-20-11-14/h3-4,7,11,15H,5-6,8-10,12-13H2,1-2H3. The zero-order chi connectivity index (χ0) is 18.9. The van der Waals surface area contributed by atoms with Crippen LogP contribution < -0.4 is 0 Å². The smallest absolute Gasteiger partial charge is 0.255 e. The van der Waals surface area contributed by atoms with E-state index in [1.165, 1.54) is 0 Å². The molecule has 0 aliphatic carbocycles. The molecule has 1 spiro atoms. The van der Waals surface area contributed by atoms with Crippen LogP contribution in [0.2, 0.25) is 0 Å². The van der Waals surface area contributed by atoms with Gasteiger partial charge in [0.05, 0.1) is 11.6 Å². The fraction of sp³-hybridized carbons (Fsp3) is 0.579. The van der Waals surface area contributed by atoms with Crippen molar-refractivity contribution in [3.63, 3.8) is 0 Å². The zero-order valence-corrected chi connectivity index (χ0v) is 15.8. The highest BCUT2D eigenvalue weighted by Gasteiger charge is 2.46. The van der Waals surface area contributed by atoms with Crippen LogP contribution in [-0.2, 0) is 11.3 Å². The second-order valence-corrected chi connectivity index (χ2v) is 7.65. The summed E-state index contributed by atoms with van der Waals surface area (Å²) in [6.07, 6.45) is 6.29. The molecular weight excluding hydrogens is 346 g/mol. The highest BCUT2D eigenvalue weighted by molar-refractivity contribution is 5.93. The lowest BCUT2D eigenvalue weighted by atomic mass is 9.76. The maximum Gasteiger partial charge on any atom is 0.255 e. The summed E-state index contributed by atoms with van der Waals surface area (Å²) in [5, 5.41) is 4.15. The first-order valence-electron chi connectivity index (χ1n) is 9.31. The second-order valence-electron chi connectivity index (χ2n) is 7.65. The van der Waals surface area contributed by atoms with E-state index in [0.717, 1.165) is 44.7 Å². The number of methoxy groups -OCH3 is 1. The number of nitrogens with zero attached hydrogens (tertiary/aromatic N) is 5. The molecule has 2 aliphatic rings. The number of aromatic nitrogens is 3. The van der Waals surface area contributed by atoms with Crippen molar-refractivity contribution in [2.45, 2.75) is 31.9 Å². The third kappa shape index (κ3) is 3.59. The summed E-state index contributed by atoms with van der Waals surface area (Å²) in [7, 11) is 3.72. The highest BCUT2D eigenvalue weighted by Crippen LogP contribution is 2.47. The molecule has 8 heteroatoms. The van der Waals surface area contributed by atoms with Crippen LogP contribution in [0.3, 0.4) is 0 Å². The van der Waals surface area contributed by atoms with Gasteiger partial charge in [0, 0.05) is 39.1 Å². The van der Waals surface area contributed by atoms with Crippen LogP contribution in [0.1, 0.15) is 47.4 Å². The number of piperidine rings is 1.